The Morgan fingerprint density at radius 2 is 2.41 bits per heavy atom. The maximum atomic E-state index is 11.0. The lowest BCUT2D eigenvalue weighted by molar-refractivity contribution is -0.116. The summed E-state index contributed by atoms with van der Waals surface area (Å²) in [5.41, 5.74) is 5.92. The van der Waals surface area contributed by atoms with E-state index in [0.29, 0.717) is 22.6 Å². The molecule has 2 aromatic rings. The summed E-state index contributed by atoms with van der Waals surface area (Å²) in [7, 11) is 0. The smallest absolute Gasteiger partial charge is 0.237 e. The van der Waals surface area contributed by atoms with Gasteiger partial charge in [-0.05, 0) is 22.9 Å². The first-order valence-electron chi connectivity index (χ1n) is 5.14. The van der Waals surface area contributed by atoms with E-state index in [1.54, 1.807) is 11.1 Å². The Morgan fingerprint density at radius 3 is 3.06 bits per heavy atom. The van der Waals surface area contributed by atoms with Gasteiger partial charge >= 0.3 is 0 Å². The lowest BCUT2D eigenvalue weighted by Crippen LogP contribution is -2.34. The number of nitrogens with zero attached hydrogens (tertiary/aromatic N) is 4. The predicted octanol–water partition coefficient (Wildman–Crippen LogP) is 0.803. The summed E-state index contributed by atoms with van der Waals surface area (Å²) in [6.45, 7) is 2.70. The second-order valence-electron chi connectivity index (χ2n) is 3.53. The standard InChI is InChI=1S/C10H12BrN5O/c1-2-15(6-8(12)17)10-9-13-3-4-16(9)5-7(11)14-10/h3-5H,2,6H2,1H3,(H2,12,17). The Morgan fingerprint density at radius 1 is 1.65 bits per heavy atom. The molecular formula is C10H12BrN5O. The van der Waals surface area contributed by atoms with Crippen LogP contribution in [0.15, 0.2) is 23.2 Å². The highest BCUT2D eigenvalue weighted by molar-refractivity contribution is 9.10. The Bertz CT molecular complexity index is 553. The number of fused-ring (bicyclic) bond motifs is 1. The number of imidazole rings is 1. The lowest BCUT2D eigenvalue weighted by atomic mass is 10.4. The fraction of sp³-hybridized carbons (Fsp3) is 0.300. The van der Waals surface area contributed by atoms with Crippen LogP contribution in [-0.4, -0.2) is 33.4 Å². The molecule has 90 valence electrons. The molecule has 2 heterocycles. The second-order valence-corrected chi connectivity index (χ2v) is 4.34. The zero-order valence-corrected chi connectivity index (χ0v) is 10.9. The molecule has 0 bridgehead atoms. The molecule has 6 nitrogen and oxygen atoms in total. The first kappa shape index (κ1) is 11.8. The zero-order chi connectivity index (χ0) is 12.4. The van der Waals surface area contributed by atoms with Crippen molar-refractivity contribution in [1.29, 1.82) is 0 Å². The first-order valence-corrected chi connectivity index (χ1v) is 5.93. The molecule has 2 rings (SSSR count). The van der Waals surface area contributed by atoms with Crippen molar-refractivity contribution in [3.8, 4) is 0 Å². The van der Waals surface area contributed by atoms with Crippen LogP contribution in [-0.2, 0) is 4.79 Å². The maximum absolute atomic E-state index is 11.0. The Kier molecular flexibility index (Phi) is 3.28. The van der Waals surface area contributed by atoms with Gasteiger partial charge < -0.3 is 15.0 Å². The molecule has 0 fully saturated rings. The van der Waals surface area contributed by atoms with Crippen molar-refractivity contribution in [2.45, 2.75) is 6.92 Å². The fourth-order valence-corrected chi connectivity index (χ4v) is 2.01. The second kappa shape index (κ2) is 4.70. The number of carbonyl (C=O) groups is 1. The third kappa shape index (κ3) is 2.38. The Hall–Kier alpha value is -1.63. The van der Waals surface area contributed by atoms with E-state index in [9.17, 15) is 4.79 Å². The summed E-state index contributed by atoms with van der Waals surface area (Å²) >= 11 is 3.33. The van der Waals surface area contributed by atoms with Crippen molar-refractivity contribution < 1.29 is 4.79 Å². The largest absolute Gasteiger partial charge is 0.368 e. The average molecular weight is 298 g/mol. The van der Waals surface area contributed by atoms with E-state index in [2.05, 4.69) is 25.9 Å². The molecule has 0 aliphatic carbocycles. The van der Waals surface area contributed by atoms with Crippen molar-refractivity contribution >= 4 is 33.3 Å². The number of rotatable bonds is 4. The molecule has 2 N–H and O–H groups in total. The van der Waals surface area contributed by atoms with Gasteiger partial charge in [0.2, 0.25) is 5.91 Å². The van der Waals surface area contributed by atoms with Gasteiger partial charge in [-0.2, -0.15) is 0 Å². The van der Waals surface area contributed by atoms with Crippen LogP contribution in [0, 0.1) is 0 Å². The maximum Gasteiger partial charge on any atom is 0.237 e. The highest BCUT2D eigenvalue weighted by Crippen LogP contribution is 2.20. The van der Waals surface area contributed by atoms with E-state index in [1.165, 1.54) is 0 Å². The Labute approximate surface area is 107 Å². The molecule has 0 spiro atoms. The van der Waals surface area contributed by atoms with Gasteiger partial charge in [0.1, 0.15) is 4.60 Å². The number of nitrogens with two attached hydrogens (primary N) is 1. The normalized spacial score (nSPS) is 10.7. The van der Waals surface area contributed by atoms with Crippen LogP contribution in [0.25, 0.3) is 5.65 Å². The summed E-state index contributed by atoms with van der Waals surface area (Å²) in [5, 5.41) is 0. The number of carbonyl (C=O) groups excluding carboxylic acids is 1. The molecule has 0 aromatic carbocycles. The third-order valence-corrected chi connectivity index (χ3v) is 2.74. The number of halogens is 1. The van der Waals surface area contributed by atoms with Crippen LogP contribution < -0.4 is 10.6 Å². The van der Waals surface area contributed by atoms with E-state index in [4.69, 9.17) is 5.73 Å². The summed E-state index contributed by atoms with van der Waals surface area (Å²) in [6.07, 6.45) is 5.32. The molecule has 0 aliphatic heterocycles. The average Bonchev–Trinajstić information content (AvgIpc) is 2.72. The number of primary amides is 1. The number of amides is 1. The molecular weight excluding hydrogens is 286 g/mol. The highest BCUT2D eigenvalue weighted by Gasteiger charge is 2.14. The SMILES string of the molecule is CCN(CC(N)=O)c1nc(Br)cn2ccnc12. The monoisotopic (exact) mass is 297 g/mol. The van der Waals surface area contributed by atoms with Crippen molar-refractivity contribution in [3.63, 3.8) is 0 Å². The predicted molar refractivity (Wildman–Crippen MR) is 67.8 cm³/mol. The number of hydrogen-bond donors (Lipinski definition) is 1. The van der Waals surface area contributed by atoms with Crippen molar-refractivity contribution in [1.82, 2.24) is 14.4 Å². The number of anilines is 1. The van der Waals surface area contributed by atoms with Crippen LogP contribution in [0.2, 0.25) is 0 Å². The quantitative estimate of drug-likeness (QED) is 0.906. The van der Waals surface area contributed by atoms with Crippen molar-refractivity contribution in [2.24, 2.45) is 5.73 Å². The van der Waals surface area contributed by atoms with E-state index in [-0.39, 0.29) is 6.54 Å². The van der Waals surface area contributed by atoms with E-state index in [0.717, 1.165) is 0 Å². The molecule has 0 radical (unpaired) electrons. The van der Waals surface area contributed by atoms with Crippen LogP contribution >= 0.6 is 15.9 Å². The van der Waals surface area contributed by atoms with Crippen LogP contribution in [0.3, 0.4) is 0 Å². The topological polar surface area (TPSA) is 76.5 Å². The van der Waals surface area contributed by atoms with Gasteiger partial charge in [-0.1, -0.05) is 0 Å². The zero-order valence-electron chi connectivity index (χ0n) is 9.30. The molecule has 0 saturated carbocycles. The molecule has 1 amide bonds. The number of hydrogen-bond acceptors (Lipinski definition) is 4. The van der Waals surface area contributed by atoms with E-state index < -0.39 is 5.91 Å². The Balaban J connectivity index is 2.51. The summed E-state index contributed by atoms with van der Waals surface area (Å²) in [6, 6.07) is 0. The molecule has 0 aliphatic rings. The number of likely N-dealkylation sites (N-methyl/N-ethyl adjacent to an activating group) is 1. The van der Waals surface area contributed by atoms with Crippen LogP contribution in [0.4, 0.5) is 5.82 Å². The minimum Gasteiger partial charge on any atom is -0.368 e. The molecule has 0 unspecified atom stereocenters. The molecule has 2 aromatic heterocycles. The summed E-state index contributed by atoms with van der Waals surface area (Å²) in [4.78, 5) is 21.4. The van der Waals surface area contributed by atoms with Crippen LogP contribution in [0.1, 0.15) is 6.92 Å². The summed E-state index contributed by atoms with van der Waals surface area (Å²) < 4.78 is 2.52. The minimum absolute atomic E-state index is 0.127. The van der Waals surface area contributed by atoms with Gasteiger partial charge in [0.15, 0.2) is 11.5 Å². The van der Waals surface area contributed by atoms with Gasteiger partial charge in [-0.15, -0.1) is 0 Å². The minimum atomic E-state index is -0.390. The molecule has 7 heteroatoms. The van der Waals surface area contributed by atoms with Gasteiger partial charge in [0, 0.05) is 25.1 Å². The molecule has 0 atom stereocenters. The van der Waals surface area contributed by atoms with Gasteiger partial charge in [0.25, 0.3) is 0 Å². The summed E-state index contributed by atoms with van der Waals surface area (Å²) in [5.74, 6) is 0.254. The van der Waals surface area contributed by atoms with Gasteiger partial charge in [0.05, 0.1) is 6.54 Å². The highest BCUT2D eigenvalue weighted by atomic mass is 79.9. The fourth-order valence-electron chi connectivity index (χ4n) is 1.62. The molecule has 0 saturated heterocycles. The van der Waals surface area contributed by atoms with Crippen molar-refractivity contribution in [3.05, 3.63) is 23.2 Å². The van der Waals surface area contributed by atoms with Crippen molar-refractivity contribution in [2.75, 3.05) is 18.0 Å². The third-order valence-electron chi connectivity index (χ3n) is 2.35. The number of aromatic nitrogens is 3. The molecule has 17 heavy (non-hydrogen) atoms. The van der Waals surface area contributed by atoms with Gasteiger partial charge in [-0.25, -0.2) is 9.97 Å². The lowest BCUT2D eigenvalue weighted by Gasteiger charge is -2.20. The van der Waals surface area contributed by atoms with Gasteiger partial charge in [-0.3, -0.25) is 4.79 Å². The van der Waals surface area contributed by atoms with E-state index >= 15 is 0 Å². The van der Waals surface area contributed by atoms with E-state index in [1.807, 2.05) is 23.7 Å². The van der Waals surface area contributed by atoms with Crippen LogP contribution in [0.5, 0.6) is 0 Å². The first-order chi connectivity index (χ1) is 8.11.